The molecule has 2 nitrogen and oxygen atoms in total. The first kappa shape index (κ1) is 11.2. The van der Waals surface area contributed by atoms with Gasteiger partial charge in [-0.15, -0.1) is 0 Å². The highest BCUT2D eigenvalue weighted by Crippen LogP contribution is 2.04. The molecule has 1 aromatic heterocycles. The van der Waals surface area contributed by atoms with E-state index >= 15 is 0 Å². The third-order valence-corrected chi connectivity index (χ3v) is 2.20. The Bertz CT molecular complexity index is 244. The van der Waals surface area contributed by atoms with E-state index in [2.05, 4.69) is 37.1 Å². The minimum atomic E-state index is 0.579. The van der Waals surface area contributed by atoms with Crippen LogP contribution in [-0.2, 0) is 6.54 Å². The zero-order valence-corrected chi connectivity index (χ0v) is 9.33. The fraction of sp³-hybridized carbons (Fsp3) is 0.583. The average molecular weight is 192 g/mol. The first-order valence-corrected chi connectivity index (χ1v) is 5.30. The molecule has 0 aliphatic carbocycles. The smallest absolute Gasteiger partial charge is 0.0312 e. The highest BCUT2D eigenvalue weighted by atomic mass is 14.9. The maximum atomic E-state index is 4.08. The van der Waals surface area contributed by atoms with Crippen LogP contribution in [0.3, 0.4) is 0 Å². The molecule has 1 N–H and O–H groups in total. The van der Waals surface area contributed by atoms with Gasteiger partial charge in [0.2, 0.25) is 0 Å². The monoisotopic (exact) mass is 192 g/mol. The predicted molar refractivity (Wildman–Crippen MR) is 60.0 cm³/mol. The zero-order chi connectivity index (χ0) is 10.4. The van der Waals surface area contributed by atoms with E-state index in [0.29, 0.717) is 6.04 Å². The minimum absolute atomic E-state index is 0.579. The first-order chi connectivity index (χ1) is 6.68. The van der Waals surface area contributed by atoms with Crippen molar-refractivity contribution < 1.29 is 0 Å². The Balaban J connectivity index is 2.27. The van der Waals surface area contributed by atoms with E-state index in [-0.39, 0.29) is 0 Å². The molecule has 1 atom stereocenters. The molecule has 0 aliphatic rings. The average Bonchev–Trinajstić information content (AvgIpc) is 2.15. The van der Waals surface area contributed by atoms with Gasteiger partial charge in [-0.2, -0.15) is 0 Å². The summed E-state index contributed by atoms with van der Waals surface area (Å²) in [4.78, 5) is 4.08. The van der Waals surface area contributed by atoms with E-state index < -0.39 is 0 Å². The molecule has 0 fully saturated rings. The van der Waals surface area contributed by atoms with Crippen LogP contribution in [0.25, 0.3) is 0 Å². The standard InChI is InChI=1S/C12H20N2/c1-10(2)7-11(3)14-9-12-5-4-6-13-8-12/h4-6,8,10-11,14H,7,9H2,1-3H3/t11-/m1/s1. The Morgan fingerprint density at radius 3 is 2.71 bits per heavy atom. The van der Waals surface area contributed by atoms with Gasteiger partial charge < -0.3 is 5.32 Å². The Morgan fingerprint density at radius 1 is 1.36 bits per heavy atom. The molecule has 0 aliphatic heterocycles. The second kappa shape index (κ2) is 5.76. The quantitative estimate of drug-likeness (QED) is 0.775. The summed E-state index contributed by atoms with van der Waals surface area (Å²) in [7, 11) is 0. The number of nitrogens with one attached hydrogen (secondary N) is 1. The summed E-state index contributed by atoms with van der Waals surface area (Å²) in [5.41, 5.74) is 1.25. The van der Waals surface area contributed by atoms with E-state index in [4.69, 9.17) is 0 Å². The van der Waals surface area contributed by atoms with Gasteiger partial charge in [0.25, 0.3) is 0 Å². The van der Waals surface area contributed by atoms with Crippen LogP contribution >= 0.6 is 0 Å². The molecule has 0 saturated heterocycles. The first-order valence-electron chi connectivity index (χ1n) is 5.30. The molecule has 0 saturated carbocycles. The molecular weight excluding hydrogens is 172 g/mol. The van der Waals surface area contributed by atoms with Crippen molar-refractivity contribution in [1.29, 1.82) is 0 Å². The number of nitrogens with zero attached hydrogens (tertiary/aromatic N) is 1. The van der Waals surface area contributed by atoms with Crippen molar-refractivity contribution in [2.45, 2.75) is 39.8 Å². The van der Waals surface area contributed by atoms with Gasteiger partial charge >= 0.3 is 0 Å². The number of hydrogen-bond donors (Lipinski definition) is 1. The molecule has 2 heteroatoms. The zero-order valence-electron chi connectivity index (χ0n) is 9.33. The van der Waals surface area contributed by atoms with Crippen molar-refractivity contribution in [3.63, 3.8) is 0 Å². The van der Waals surface area contributed by atoms with Crippen molar-refractivity contribution >= 4 is 0 Å². The van der Waals surface area contributed by atoms with Crippen LogP contribution in [-0.4, -0.2) is 11.0 Å². The fourth-order valence-corrected chi connectivity index (χ4v) is 1.59. The van der Waals surface area contributed by atoms with Crippen LogP contribution in [0.5, 0.6) is 0 Å². The molecule has 1 rings (SSSR count). The number of pyridine rings is 1. The molecule has 0 unspecified atom stereocenters. The Labute approximate surface area is 86.8 Å². The van der Waals surface area contributed by atoms with Crippen molar-refractivity contribution in [3.05, 3.63) is 30.1 Å². The summed E-state index contributed by atoms with van der Waals surface area (Å²) in [6.45, 7) is 7.66. The minimum Gasteiger partial charge on any atom is -0.310 e. The summed E-state index contributed by atoms with van der Waals surface area (Å²) in [6, 6.07) is 4.65. The summed E-state index contributed by atoms with van der Waals surface area (Å²) >= 11 is 0. The van der Waals surface area contributed by atoms with Crippen LogP contribution in [0.2, 0.25) is 0 Å². The van der Waals surface area contributed by atoms with Gasteiger partial charge in [-0.1, -0.05) is 19.9 Å². The molecule has 0 amide bonds. The van der Waals surface area contributed by atoms with E-state index in [1.165, 1.54) is 12.0 Å². The fourth-order valence-electron chi connectivity index (χ4n) is 1.59. The second-order valence-corrected chi connectivity index (χ2v) is 4.27. The number of hydrogen-bond acceptors (Lipinski definition) is 2. The molecule has 1 aromatic rings. The van der Waals surface area contributed by atoms with Crippen molar-refractivity contribution in [2.75, 3.05) is 0 Å². The molecule has 1 heterocycles. The van der Waals surface area contributed by atoms with Crippen molar-refractivity contribution in [2.24, 2.45) is 5.92 Å². The Hall–Kier alpha value is -0.890. The van der Waals surface area contributed by atoms with Gasteiger partial charge in [0.1, 0.15) is 0 Å². The summed E-state index contributed by atoms with van der Waals surface area (Å²) in [6.07, 6.45) is 4.94. The highest BCUT2D eigenvalue weighted by Gasteiger charge is 2.03. The predicted octanol–water partition coefficient (Wildman–Crippen LogP) is 2.61. The van der Waals surface area contributed by atoms with Crippen molar-refractivity contribution in [1.82, 2.24) is 10.3 Å². The maximum absolute atomic E-state index is 4.08. The molecule has 0 radical (unpaired) electrons. The number of rotatable bonds is 5. The lowest BCUT2D eigenvalue weighted by Gasteiger charge is -2.15. The Kier molecular flexibility index (Phi) is 4.60. The summed E-state index contributed by atoms with van der Waals surface area (Å²) < 4.78 is 0. The van der Waals surface area contributed by atoms with Crippen LogP contribution in [0.1, 0.15) is 32.8 Å². The van der Waals surface area contributed by atoms with E-state index in [9.17, 15) is 0 Å². The van der Waals surface area contributed by atoms with E-state index in [0.717, 1.165) is 12.5 Å². The van der Waals surface area contributed by atoms with Gasteiger partial charge in [-0.05, 0) is 30.9 Å². The van der Waals surface area contributed by atoms with Crippen LogP contribution < -0.4 is 5.32 Å². The van der Waals surface area contributed by atoms with Gasteiger partial charge in [0, 0.05) is 25.0 Å². The maximum Gasteiger partial charge on any atom is 0.0312 e. The lowest BCUT2D eigenvalue weighted by molar-refractivity contribution is 0.441. The topological polar surface area (TPSA) is 24.9 Å². The van der Waals surface area contributed by atoms with E-state index in [1.807, 2.05) is 12.3 Å². The normalized spacial score (nSPS) is 13.1. The number of aromatic nitrogens is 1. The molecule has 0 aromatic carbocycles. The molecule has 14 heavy (non-hydrogen) atoms. The highest BCUT2D eigenvalue weighted by molar-refractivity contribution is 5.07. The van der Waals surface area contributed by atoms with E-state index in [1.54, 1.807) is 6.20 Å². The van der Waals surface area contributed by atoms with Gasteiger partial charge in [-0.3, -0.25) is 4.98 Å². The van der Waals surface area contributed by atoms with Gasteiger partial charge in [-0.25, -0.2) is 0 Å². The molecule has 0 spiro atoms. The summed E-state index contributed by atoms with van der Waals surface area (Å²) in [5.74, 6) is 0.756. The SMILES string of the molecule is CC(C)C[C@@H](C)NCc1cccnc1. The molecule has 0 bridgehead atoms. The Morgan fingerprint density at radius 2 is 2.14 bits per heavy atom. The molecule has 78 valence electrons. The van der Waals surface area contributed by atoms with Crippen LogP contribution in [0, 0.1) is 5.92 Å². The largest absolute Gasteiger partial charge is 0.310 e. The van der Waals surface area contributed by atoms with Gasteiger partial charge in [0.05, 0.1) is 0 Å². The third kappa shape index (κ3) is 4.38. The lowest BCUT2D eigenvalue weighted by atomic mass is 10.1. The van der Waals surface area contributed by atoms with Crippen LogP contribution in [0.4, 0.5) is 0 Å². The molecular formula is C12H20N2. The van der Waals surface area contributed by atoms with Gasteiger partial charge in [0.15, 0.2) is 0 Å². The third-order valence-electron chi connectivity index (χ3n) is 2.20. The summed E-state index contributed by atoms with van der Waals surface area (Å²) in [5, 5.41) is 3.49. The second-order valence-electron chi connectivity index (χ2n) is 4.27. The van der Waals surface area contributed by atoms with Crippen LogP contribution in [0.15, 0.2) is 24.5 Å². The lowest BCUT2D eigenvalue weighted by Crippen LogP contribution is -2.26. The van der Waals surface area contributed by atoms with Crippen molar-refractivity contribution in [3.8, 4) is 0 Å².